The molecule has 0 aliphatic carbocycles. The molecule has 29 heavy (non-hydrogen) atoms. The number of anilines is 1. The third-order valence-corrected chi connectivity index (χ3v) is 5.90. The molecule has 2 aromatic carbocycles. The lowest BCUT2D eigenvalue weighted by Gasteiger charge is -2.37. The van der Waals surface area contributed by atoms with Crippen LogP contribution in [0.4, 0.5) is 5.69 Å². The van der Waals surface area contributed by atoms with Crippen LogP contribution in [0.5, 0.6) is 0 Å². The number of amides is 1. The van der Waals surface area contributed by atoms with Crippen molar-refractivity contribution in [3.05, 3.63) is 71.8 Å². The van der Waals surface area contributed by atoms with Gasteiger partial charge in [-0.1, -0.05) is 61.9 Å². The molecule has 2 atom stereocenters. The number of carbonyl (C=O) groups is 1. The second-order valence-electron chi connectivity index (χ2n) is 7.87. The molecule has 1 saturated heterocycles. The van der Waals surface area contributed by atoms with Gasteiger partial charge in [0.15, 0.2) is 0 Å². The summed E-state index contributed by atoms with van der Waals surface area (Å²) in [6, 6.07) is 18.7. The number of para-hydroxylation sites is 1. The summed E-state index contributed by atoms with van der Waals surface area (Å²) in [5, 5.41) is 3.06. The summed E-state index contributed by atoms with van der Waals surface area (Å²) in [6.45, 7) is 3.51. The monoisotopic (exact) mass is 412 g/mol. The van der Waals surface area contributed by atoms with Crippen LogP contribution >= 0.6 is 12.4 Å². The minimum absolute atomic E-state index is 0. The SMILES string of the molecule is CCC1CCC(CCc2ccccc2NC(=O)/C=C/c2ccccc2)N(C)C1.Cl. The number of hydrogen-bond donors (Lipinski definition) is 1. The fourth-order valence-corrected chi connectivity index (χ4v) is 4.09. The zero-order chi connectivity index (χ0) is 19.8. The second kappa shape index (κ2) is 11.8. The Labute approximate surface area is 181 Å². The Hall–Kier alpha value is -2.10. The lowest BCUT2D eigenvalue weighted by molar-refractivity contribution is -0.111. The zero-order valence-corrected chi connectivity index (χ0v) is 18.3. The lowest BCUT2D eigenvalue weighted by atomic mass is 9.88. The van der Waals surface area contributed by atoms with Gasteiger partial charge in [0.05, 0.1) is 0 Å². The summed E-state index contributed by atoms with van der Waals surface area (Å²) in [6.07, 6.45) is 9.48. The fraction of sp³-hybridized carbons (Fsp3) is 0.400. The molecule has 2 aromatic rings. The molecule has 0 saturated carbocycles. The van der Waals surface area contributed by atoms with Crippen LogP contribution in [0, 0.1) is 5.92 Å². The van der Waals surface area contributed by atoms with Crippen molar-refractivity contribution < 1.29 is 4.79 Å². The molecule has 1 heterocycles. The first-order valence-corrected chi connectivity index (χ1v) is 10.5. The maximum atomic E-state index is 12.4. The number of piperidine rings is 1. The molecule has 1 aliphatic rings. The molecule has 0 radical (unpaired) electrons. The Morgan fingerprint density at radius 2 is 1.83 bits per heavy atom. The van der Waals surface area contributed by atoms with Crippen LogP contribution in [0.1, 0.15) is 43.7 Å². The van der Waals surface area contributed by atoms with E-state index in [0.29, 0.717) is 6.04 Å². The highest BCUT2D eigenvalue weighted by atomic mass is 35.5. The van der Waals surface area contributed by atoms with E-state index < -0.39 is 0 Å². The van der Waals surface area contributed by atoms with Crippen molar-refractivity contribution in [3.63, 3.8) is 0 Å². The van der Waals surface area contributed by atoms with Crippen LogP contribution in [0.3, 0.4) is 0 Å². The van der Waals surface area contributed by atoms with E-state index in [-0.39, 0.29) is 18.3 Å². The standard InChI is InChI=1S/C25H32N2O.ClH/c1-3-20-13-16-23(27(2)19-20)17-15-22-11-7-8-12-24(22)26-25(28)18-14-21-9-5-4-6-10-21;/h4-12,14,18,20,23H,3,13,15-17,19H2,1-2H3,(H,26,28);1H/b18-14+;. The Bertz CT molecular complexity index is 790. The Morgan fingerprint density at radius 1 is 1.10 bits per heavy atom. The van der Waals surface area contributed by atoms with Crippen LogP contribution in [0.2, 0.25) is 0 Å². The van der Waals surface area contributed by atoms with Gasteiger partial charge >= 0.3 is 0 Å². The Morgan fingerprint density at radius 3 is 2.55 bits per heavy atom. The summed E-state index contributed by atoms with van der Waals surface area (Å²) in [7, 11) is 2.26. The van der Waals surface area contributed by atoms with Crippen LogP contribution in [0.15, 0.2) is 60.7 Å². The van der Waals surface area contributed by atoms with Gasteiger partial charge in [-0.2, -0.15) is 0 Å². The largest absolute Gasteiger partial charge is 0.322 e. The number of halogens is 1. The van der Waals surface area contributed by atoms with Gasteiger partial charge in [0.25, 0.3) is 0 Å². The van der Waals surface area contributed by atoms with Crippen molar-refractivity contribution in [3.8, 4) is 0 Å². The number of rotatable bonds is 7. The quantitative estimate of drug-likeness (QED) is 0.581. The van der Waals surface area contributed by atoms with Gasteiger partial charge in [-0.15, -0.1) is 12.4 Å². The number of carbonyl (C=O) groups excluding carboxylic acids is 1. The molecule has 0 aromatic heterocycles. The fourth-order valence-electron chi connectivity index (χ4n) is 4.09. The van der Waals surface area contributed by atoms with E-state index >= 15 is 0 Å². The molecular formula is C25H33ClN2O. The average molecular weight is 413 g/mol. The minimum atomic E-state index is -0.0862. The normalized spacial score (nSPS) is 19.7. The number of aryl methyl sites for hydroxylation is 1. The molecule has 0 spiro atoms. The molecule has 3 nitrogen and oxygen atoms in total. The van der Waals surface area contributed by atoms with Crippen molar-refractivity contribution in [2.45, 2.75) is 45.1 Å². The number of benzene rings is 2. The minimum Gasteiger partial charge on any atom is -0.322 e. The number of nitrogens with one attached hydrogen (secondary N) is 1. The Balaban J connectivity index is 0.00000300. The van der Waals surface area contributed by atoms with Gasteiger partial charge in [-0.25, -0.2) is 0 Å². The first-order chi connectivity index (χ1) is 13.7. The molecule has 1 aliphatic heterocycles. The molecule has 2 unspecified atom stereocenters. The molecule has 1 fully saturated rings. The molecular weight excluding hydrogens is 380 g/mol. The maximum absolute atomic E-state index is 12.4. The number of nitrogens with zero attached hydrogens (tertiary/aromatic N) is 1. The smallest absolute Gasteiger partial charge is 0.248 e. The predicted octanol–water partition coefficient (Wildman–Crippen LogP) is 5.81. The summed E-state index contributed by atoms with van der Waals surface area (Å²) < 4.78 is 0. The first-order valence-electron chi connectivity index (χ1n) is 10.5. The number of hydrogen-bond acceptors (Lipinski definition) is 2. The van der Waals surface area contributed by atoms with Crippen molar-refractivity contribution in [2.75, 3.05) is 18.9 Å². The van der Waals surface area contributed by atoms with Crippen molar-refractivity contribution in [1.82, 2.24) is 4.90 Å². The van der Waals surface area contributed by atoms with Gasteiger partial charge < -0.3 is 10.2 Å². The first kappa shape index (κ1) is 23.2. The van der Waals surface area contributed by atoms with E-state index in [1.165, 1.54) is 31.4 Å². The summed E-state index contributed by atoms with van der Waals surface area (Å²) >= 11 is 0. The van der Waals surface area contributed by atoms with Crippen LogP contribution in [-0.4, -0.2) is 30.4 Å². The van der Waals surface area contributed by atoms with Gasteiger partial charge in [0, 0.05) is 24.4 Å². The summed E-state index contributed by atoms with van der Waals surface area (Å²) in [5.74, 6) is 0.765. The van der Waals surface area contributed by atoms with Gasteiger partial charge in [0.2, 0.25) is 5.91 Å². The highest BCUT2D eigenvalue weighted by molar-refractivity contribution is 6.02. The highest BCUT2D eigenvalue weighted by Crippen LogP contribution is 2.27. The molecule has 3 rings (SSSR count). The van der Waals surface area contributed by atoms with Gasteiger partial charge in [-0.05, 0) is 61.9 Å². The van der Waals surface area contributed by atoms with Gasteiger partial charge in [0.1, 0.15) is 0 Å². The zero-order valence-electron chi connectivity index (χ0n) is 17.5. The van der Waals surface area contributed by atoms with Gasteiger partial charge in [-0.3, -0.25) is 4.79 Å². The highest BCUT2D eigenvalue weighted by Gasteiger charge is 2.24. The summed E-state index contributed by atoms with van der Waals surface area (Å²) in [5.41, 5.74) is 3.17. The molecule has 1 amide bonds. The van der Waals surface area contributed by atoms with Crippen LogP contribution in [-0.2, 0) is 11.2 Å². The summed E-state index contributed by atoms with van der Waals surface area (Å²) in [4.78, 5) is 14.9. The molecule has 4 heteroatoms. The van der Waals surface area contributed by atoms with E-state index in [9.17, 15) is 4.79 Å². The van der Waals surface area contributed by atoms with E-state index in [1.54, 1.807) is 6.08 Å². The van der Waals surface area contributed by atoms with E-state index in [2.05, 4.69) is 36.3 Å². The molecule has 0 bridgehead atoms. The van der Waals surface area contributed by atoms with E-state index in [1.807, 2.05) is 48.5 Å². The van der Waals surface area contributed by atoms with Crippen LogP contribution < -0.4 is 5.32 Å². The van der Waals surface area contributed by atoms with Crippen molar-refractivity contribution >= 4 is 30.1 Å². The second-order valence-corrected chi connectivity index (χ2v) is 7.87. The van der Waals surface area contributed by atoms with Crippen molar-refractivity contribution in [1.29, 1.82) is 0 Å². The van der Waals surface area contributed by atoms with E-state index in [4.69, 9.17) is 0 Å². The van der Waals surface area contributed by atoms with Crippen LogP contribution in [0.25, 0.3) is 6.08 Å². The topological polar surface area (TPSA) is 32.3 Å². The lowest BCUT2D eigenvalue weighted by Crippen LogP contribution is -2.40. The predicted molar refractivity (Wildman–Crippen MR) is 126 cm³/mol. The van der Waals surface area contributed by atoms with E-state index in [0.717, 1.165) is 30.0 Å². The average Bonchev–Trinajstić information content (AvgIpc) is 2.73. The third kappa shape index (κ3) is 7.02. The van der Waals surface area contributed by atoms with Crippen molar-refractivity contribution in [2.24, 2.45) is 5.92 Å². The molecule has 1 N–H and O–H groups in total. The number of likely N-dealkylation sites (tertiary alicyclic amines) is 1. The maximum Gasteiger partial charge on any atom is 0.248 e. The Kier molecular flexibility index (Phi) is 9.43. The third-order valence-electron chi connectivity index (χ3n) is 5.90. The molecule has 156 valence electrons.